The van der Waals surface area contributed by atoms with Crippen LogP contribution in [0.1, 0.15) is 45.2 Å². The van der Waals surface area contributed by atoms with E-state index in [0.717, 1.165) is 37.2 Å². The molecular weight excluding hydrogens is 358 g/mol. The molecule has 2 N–H and O–H groups in total. The first-order valence-corrected chi connectivity index (χ1v) is 9.95. The summed E-state index contributed by atoms with van der Waals surface area (Å²) in [4.78, 5) is 27.1. The quantitative estimate of drug-likeness (QED) is 0.704. The summed E-state index contributed by atoms with van der Waals surface area (Å²) in [6.45, 7) is 8.72. The van der Waals surface area contributed by atoms with Crippen molar-refractivity contribution in [2.24, 2.45) is 0 Å². The van der Waals surface area contributed by atoms with Crippen molar-refractivity contribution in [3.8, 4) is 0 Å². The van der Waals surface area contributed by atoms with Crippen molar-refractivity contribution >= 4 is 17.7 Å². The maximum absolute atomic E-state index is 12.8. The lowest BCUT2D eigenvalue weighted by molar-refractivity contribution is -0.142. The standard InChI is InChI=1S/C21H29N3O4/c1-4-24(5-2)16-10-8-15(9-11-16)19-18(14(3)22-21(26)23-19)20(25)28-13-17-7-6-12-27-17/h8-11,17,19H,4-7,12-13H2,1-3H3,(H2,22,23,26)/t17-,19+/m0/s1. The molecule has 0 bridgehead atoms. The third-order valence-corrected chi connectivity index (χ3v) is 5.27. The van der Waals surface area contributed by atoms with E-state index in [4.69, 9.17) is 9.47 Å². The van der Waals surface area contributed by atoms with E-state index in [1.165, 1.54) is 0 Å². The Morgan fingerprint density at radius 3 is 2.57 bits per heavy atom. The Labute approximate surface area is 166 Å². The second kappa shape index (κ2) is 9.10. The van der Waals surface area contributed by atoms with E-state index in [0.29, 0.717) is 17.9 Å². The van der Waals surface area contributed by atoms with Gasteiger partial charge in [-0.2, -0.15) is 0 Å². The van der Waals surface area contributed by atoms with Crippen molar-refractivity contribution in [2.75, 3.05) is 31.2 Å². The van der Waals surface area contributed by atoms with E-state index in [1.54, 1.807) is 6.92 Å². The van der Waals surface area contributed by atoms with E-state index in [9.17, 15) is 9.59 Å². The minimum absolute atomic E-state index is 0.0391. The molecule has 0 aromatic heterocycles. The lowest BCUT2D eigenvalue weighted by Crippen LogP contribution is -2.45. The Kier molecular flexibility index (Phi) is 6.57. The zero-order chi connectivity index (χ0) is 20.1. The molecule has 2 aliphatic heterocycles. The number of amides is 2. The zero-order valence-electron chi connectivity index (χ0n) is 16.8. The van der Waals surface area contributed by atoms with Crippen molar-refractivity contribution in [1.29, 1.82) is 0 Å². The number of anilines is 1. The van der Waals surface area contributed by atoms with Crippen LogP contribution in [0.2, 0.25) is 0 Å². The molecule has 0 spiro atoms. The number of urea groups is 1. The summed E-state index contributed by atoms with van der Waals surface area (Å²) in [7, 11) is 0. The van der Waals surface area contributed by atoms with E-state index in [2.05, 4.69) is 29.4 Å². The van der Waals surface area contributed by atoms with Crippen molar-refractivity contribution in [3.63, 3.8) is 0 Å². The molecule has 1 fully saturated rings. The molecule has 7 nitrogen and oxygen atoms in total. The lowest BCUT2D eigenvalue weighted by atomic mass is 9.95. The van der Waals surface area contributed by atoms with Crippen LogP contribution in [-0.4, -0.2) is 44.4 Å². The molecule has 1 saturated heterocycles. The second-order valence-electron chi connectivity index (χ2n) is 7.07. The molecule has 1 aromatic rings. The van der Waals surface area contributed by atoms with Gasteiger partial charge in [-0.15, -0.1) is 0 Å². The highest BCUT2D eigenvalue weighted by atomic mass is 16.6. The van der Waals surface area contributed by atoms with Crippen LogP contribution in [0.3, 0.4) is 0 Å². The average Bonchev–Trinajstić information content (AvgIpc) is 3.21. The minimum Gasteiger partial charge on any atom is -0.459 e. The Hall–Kier alpha value is -2.54. The number of esters is 1. The van der Waals surface area contributed by atoms with Gasteiger partial charge in [-0.1, -0.05) is 12.1 Å². The topological polar surface area (TPSA) is 79.9 Å². The molecule has 2 atom stereocenters. The van der Waals surface area contributed by atoms with Gasteiger partial charge in [-0.25, -0.2) is 9.59 Å². The maximum atomic E-state index is 12.8. The van der Waals surface area contributed by atoms with Gasteiger partial charge in [-0.05, 0) is 51.3 Å². The number of nitrogens with zero attached hydrogens (tertiary/aromatic N) is 1. The SMILES string of the molecule is CCN(CC)c1ccc([C@H]2NC(=O)NC(C)=C2C(=O)OC[C@@H]2CCCO2)cc1. The normalized spacial score (nSPS) is 21.9. The lowest BCUT2D eigenvalue weighted by Gasteiger charge is -2.29. The van der Waals surface area contributed by atoms with Crippen molar-refractivity contribution < 1.29 is 19.1 Å². The number of allylic oxidation sites excluding steroid dienone is 1. The Bertz CT molecular complexity index is 735. The van der Waals surface area contributed by atoms with Crippen LogP contribution in [-0.2, 0) is 14.3 Å². The van der Waals surface area contributed by atoms with Crippen LogP contribution < -0.4 is 15.5 Å². The molecule has 2 amide bonds. The fourth-order valence-corrected chi connectivity index (χ4v) is 3.70. The predicted octanol–water partition coefficient (Wildman–Crippen LogP) is 2.88. The average molecular weight is 387 g/mol. The number of hydrogen-bond donors (Lipinski definition) is 2. The number of rotatable bonds is 7. The van der Waals surface area contributed by atoms with Crippen molar-refractivity contribution in [2.45, 2.75) is 45.8 Å². The van der Waals surface area contributed by atoms with Gasteiger partial charge in [0, 0.05) is 31.1 Å². The molecule has 0 saturated carbocycles. The summed E-state index contributed by atoms with van der Waals surface area (Å²) < 4.78 is 11.0. The van der Waals surface area contributed by atoms with Crippen LogP contribution in [0.4, 0.5) is 10.5 Å². The largest absolute Gasteiger partial charge is 0.459 e. The molecule has 0 unspecified atom stereocenters. The number of benzene rings is 1. The van der Waals surface area contributed by atoms with Crippen LogP contribution in [0.5, 0.6) is 0 Å². The summed E-state index contributed by atoms with van der Waals surface area (Å²) >= 11 is 0. The molecule has 28 heavy (non-hydrogen) atoms. The third-order valence-electron chi connectivity index (χ3n) is 5.27. The van der Waals surface area contributed by atoms with E-state index >= 15 is 0 Å². The van der Waals surface area contributed by atoms with E-state index in [-0.39, 0.29) is 18.7 Å². The van der Waals surface area contributed by atoms with Gasteiger partial charge in [0.05, 0.1) is 17.7 Å². The summed E-state index contributed by atoms with van der Waals surface area (Å²) in [5.41, 5.74) is 2.89. The van der Waals surface area contributed by atoms with Gasteiger partial charge in [0.1, 0.15) is 6.61 Å². The molecule has 152 valence electrons. The van der Waals surface area contributed by atoms with Gasteiger partial charge in [0.2, 0.25) is 0 Å². The van der Waals surface area contributed by atoms with Gasteiger partial charge in [0.15, 0.2) is 0 Å². The van der Waals surface area contributed by atoms with Gasteiger partial charge >= 0.3 is 12.0 Å². The molecule has 7 heteroatoms. The van der Waals surface area contributed by atoms with Crippen molar-refractivity contribution in [1.82, 2.24) is 10.6 Å². The fourth-order valence-electron chi connectivity index (χ4n) is 3.70. The Morgan fingerprint density at radius 1 is 1.25 bits per heavy atom. The van der Waals surface area contributed by atoms with Crippen molar-refractivity contribution in [3.05, 3.63) is 41.1 Å². The molecule has 2 aliphatic rings. The van der Waals surface area contributed by atoms with E-state index in [1.807, 2.05) is 24.3 Å². The maximum Gasteiger partial charge on any atom is 0.338 e. The number of carbonyl (C=O) groups excluding carboxylic acids is 2. The Morgan fingerprint density at radius 2 is 1.96 bits per heavy atom. The van der Waals surface area contributed by atoms with Crippen LogP contribution >= 0.6 is 0 Å². The number of hydrogen-bond acceptors (Lipinski definition) is 5. The third kappa shape index (κ3) is 4.47. The van der Waals surface area contributed by atoms with E-state index < -0.39 is 12.0 Å². The first kappa shape index (κ1) is 20.2. The molecule has 1 aromatic carbocycles. The second-order valence-corrected chi connectivity index (χ2v) is 7.07. The van der Waals surface area contributed by atoms with Gasteiger partial charge in [0.25, 0.3) is 0 Å². The van der Waals surface area contributed by atoms with Crippen LogP contribution in [0.25, 0.3) is 0 Å². The predicted molar refractivity (Wildman–Crippen MR) is 107 cm³/mol. The van der Waals surface area contributed by atoms with Gasteiger partial charge < -0.3 is 25.0 Å². The fraction of sp³-hybridized carbons (Fsp3) is 0.524. The molecule has 0 aliphatic carbocycles. The minimum atomic E-state index is -0.545. The zero-order valence-corrected chi connectivity index (χ0v) is 16.8. The summed E-state index contributed by atoms with van der Waals surface area (Å²) in [6, 6.07) is 7.06. The van der Waals surface area contributed by atoms with Crippen LogP contribution in [0.15, 0.2) is 35.5 Å². The molecule has 2 heterocycles. The Balaban J connectivity index is 1.79. The highest BCUT2D eigenvalue weighted by Crippen LogP contribution is 2.29. The smallest absolute Gasteiger partial charge is 0.338 e. The summed E-state index contributed by atoms with van der Waals surface area (Å²) in [6.07, 6.45) is 1.85. The summed E-state index contributed by atoms with van der Waals surface area (Å²) in [5.74, 6) is -0.432. The first-order valence-electron chi connectivity index (χ1n) is 9.95. The number of carbonyl (C=O) groups is 2. The monoisotopic (exact) mass is 387 g/mol. The van der Waals surface area contributed by atoms with Crippen LogP contribution in [0, 0.1) is 0 Å². The first-order chi connectivity index (χ1) is 13.5. The highest BCUT2D eigenvalue weighted by Gasteiger charge is 2.32. The molecule has 0 radical (unpaired) electrons. The highest BCUT2D eigenvalue weighted by molar-refractivity contribution is 5.95. The molecular formula is C21H29N3O4. The summed E-state index contributed by atoms with van der Waals surface area (Å²) in [5, 5.41) is 5.52. The molecule has 3 rings (SSSR count). The number of nitrogens with one attached hydrogen (secondary N) is 2. The van der Waals surface area contributed by atoms with Gasteiger partial charge in [-0.3, -0.25) is 0 Å². The number of ether oxygens (including phenoxy) is 2.